The number of rotatable bonds is 6. The highest BCUT2D eigenvalue weighted by Gasteiger charge is 2.28. The van der Waals surface area contributed by atoms with E-state index in [9.17, 15) is 4.79 Å². The van der Waals surface area contributed by atoms with Crippen molar-refractivity contribution in [3.63, 3.8) is 0 Å². The number of carbonyl (C=O) groups is 1. The van der Waals surface area contributed by atoms with Gasteiger partial charge in [0.05, 0.1) is 6.61 Å². The van der Waals surface area contributed by atoms with Crippen molar-refractivity contribution >= 4 is 6.09 Å². The SMILES string of the molecule is CCN(CC1CCN(C(=O)OC(C)(C)C)CC1)C(C)Cc1ccc2c(c1)CCO2. The normalized spacial score (nSPS) is 18.5. The number of nitrogens with zero attached hydrogens (tertiary/aromatic N) is 2. The van der Waals surface area contributed by atoms with Crippen LogP contribution in [0.4, 0.5) is 4.79 Å². The molecule has 3 rings (SSSR count). The van der Waals surface area contributed by atoms with Crippen LogP contribution in [0.15, 0.2) is 18.2 Å². The summed E-state index contributed by atoms with van der Waals surface area (Å²) in [6.07, 6.45) is 4.04. The van der Waals surface area contributed by atoms with Crippen molar-refractivity contribution in [2.45, 2.75) is 71.9 Å². The van der Waals surface area contributed by atoms with E-state index in [2.05, 4.69) is 36.9 Å². The van der Waals surface area contributed by atoms with Crippen LogP contribution in [-0.2, 0) is 17.6 Å². The van der Waals surface area contributed by atoms with Gasteiger partial charge in [-0.2, -0.15) is 0 Å². The number of hydrogen-bond acceptors (Lipinski definition) is 4. The molecule has 0 bridgehead atoms. The lowest BCUT2D eigenvalue weighted by Crippen LogP contribution is -2.45. The third kappa shape index (κ3) is 6.11. The minimum absolute atomic E-state index is 0.169. The lowest BCUT2D eigenvalue weighted by Gasteiger charge is -2.37. The highest BCUT2D eigenvalue weighted by atomic mass is 16.6. The Morgan fingerprint density at radius 3 is 2.69 bits per heavy atom. The lowest BCUT2D eigenvalue weighted by molar-refractivity contribution is 0.0164. The van der Waals surface area contributed by atoms with Crippen molar-refractivity contribution in [2.24, 2.45) is 5.92 Å². The van der Waals surface area contributed by atoms with E-state index in [1.807, 2.05) is 25.7 Å². The Kier molecular flexibility index (Phi) is 7.10. The lowest BCUT2D eigenvalue weighted by atomic mass is 9.95. The second-order valence-corrected chi connectivity index (χ2v) is 9.59. The van der Waals surface area contributed by atoms with E-state index in [0.29, 0.717) is 12.0 Å². The van der Waals surface area contributed by atoms with Gasteiger partial charge in [-0.05, 0) is 76.6 Å². The minimum atomic E-state index is -0.425. The van der Waals surface area contributed by atoms with Gasteiger partial charge >= 0.3 is 6.09 Å². The zero-order valence-electron chi connectivity index (χ0n) is 18.9. The van der Waals surface area contributed by atoms with E-state index >= 15 is 0 Å². The first-order chi connectivity index (χ1) is 13.7. The zero-order chi connectivity index (χ0) is 21.0. The van der Waals surface area contributed by atoms with Gasteiger partial charge in [0, 0.05) is 32.1 Å². The smallest absolute Gasteiger partial charge is 0.410 e. The monoisotopic (exact) mass is 402 g/mol. The highest BCUT2D eigenvalue weighted by Crippen LogP contribution is 2.27. The summed E-state index contributed by atoms with van der Waals surface area (Å²) in [7, 11) is 0. The number of benzene rings is 1. The summed E-state index contributed by atoms with van der Waals surface area (Å²) in [5, 5.41) is 0. The third-order valence-electron chi connectivity index (χ3n) is 6.07. The molecule has 0 N–H and O–H groups in total. The van der Waals surface area contributed by atoms with E-state index in [-0.39, 0.29) is 6.09 Å². The molecule has 0 aromatic heterocycles. The average Bonchev–Trinajstić information content (AvgIpc) is 3.13. The van der Waals surface area contributed by atoms with Gasteiger partial charge in [0.15, 0.2) is 0 Å². The summed E-state index contributed by atoms with van der Waals surface area (Å²) in [5.74, 6) is 1.70. The van der Waals surface area contributed by atoms with Crippen LogP contribution in [0.5, 0.6) is 5.75 Å². The summed E-state index contributed by atoms with van der Waals surface area (Å²) in [6, 6.07) is 7.18. The molecule has 1 aromatic rings. The van der Waals surface area contributed by atoms with Gasteiger partial charge in [0.1, 0.15) is 11.4 Å². The number of ether oxygens (including phenoxy) is 2. The number of amides is 1. The molecule has 0 aliphatic carbocycles. The average molecular weight is 403 g/mol. The van der Waals surface area contributed by atoms with Crippen LogP contribution in [0.25, 0.3) is 0 Å². The maximum atomic E-state index is 12.3. The Hall–Kier alpha value is -1.75. The van der Waals surface area contributed by atoms with Crippen molar-refractivity contribution in [3.8, 4) is 5.75 Å². The number of carbonyl (C=O) groups excluding carboxylic acids is 1. The zero-order valence-corrected chi connectivity index (χ0v) is 18.9. The molecule has 5 heteroatoms. The molecule has 29 heavy (non-hydrogen) atoms. The Bertz CT molecular complexity index is 690. The second kappa shape index (κ2) is 9.38. The molecule has 1 amide bonds. The molecule has 2 heterocycles. The van der Waals surface area contributed by atoms with E-state index < -0.39 is 5.60 Å². The topological polar surface area (TPSA) is 42.0 Å². The molecule has 2 aliphatic rings. The molecule has 0 radical (unpaired) electrons. The fourth-order valence-corrected chi connectivity index (χ4v) is 4.41. The summed E-state index contributed by atoms with van der Waals surface area (Å²) >= 11 is 0. The van der Waals surface area contributed by atoms with Gasteiger partial charge in [0.25, 0.3) is 0 Å². The molecule has 162 valence electrons. The fourth-order valence-electron chi connectivity index (χ4n) is 4.41. The fraction of sp³-hybridized carbons (Fsp3) is 0.708. The number of fused-ring (bicyclic) bond motifs is 1. The Labute approximate surface area is 176 Å². The Morgan fingerprint density at radius 2 is 2.03 bits per heavy atom. The molecule has 0 saturated carbocycles. The van der Waals surface area contributed by atoms with Crippen LogP contribution in [0, 0.1) is 5.92 Å². The summed E-state index contributed by atoms with van der Waals surface area (Å²) in [6.45, 7) is 14.9. The van der Waals surface area contributed by atoms with Crippen molar-refractivity contribution in [3.05, 3.63) is 29.3 Å². The van der Waals surface area contributed by atoms with Gasteiger partial charge in [-0.3, -0.25) is 0 Å². The van der Waals surface area contributed by atoms with Crippen LogP contribution in [0.1, 0.15) is 58.6 Å². The first-order valence-electron chi connectivity index (χ1n) is 11.2. The largest absolute Gasteiger partial charge is 0.493 e. The molecule has 1 unspecified atom stereocenters. The molecule has 1 aromatic carbocycles. The van der Waals surface area contributed by atoms with Gasteiger partial charge < -0.3 is 19.3 Å². The number of piperidine rings is 1. The molecule has 0 spiro atoms. The highest BCUT2D eigenvalue weighted by molar-refractivity contribution is 5.68. The predicted octanol–water partition coefficient (Wildman–Crippen LogP) is 4.52. The Balaban J connectivity index is 1.48. The maximum absolute atomic E-state index is 12.3. The number of likely N-dealkylation sites (tertiary alicyclic amines) is 1. The predicted molar refractivity (Wildman–Crippen MR) is 117 cm³/mol. The molecular weight excluding hydrogens is 364 g/mol. The van der Waals surface area contributed by atoms with Gasteiger partial charge in [-0.1, -0.05) is 19.1 Å². The maximum Gasteiger partial charge on any atom is 0.410 e. The molecule has 1 atom stereocenters. The summed E-state index contributed by atoms with van der Waals surface area (Å²) in [5.41, 5.74) is 2.33. The number of hydrogen-bond donors (Lipinski definition) is 0. The van der Waals surface area contributed by atoms with Crippen LogP contribution >= 0.6 is 0 Å². The quantitative estimate of drug-likeness (QED) is 0.701. The van der Waals surface area contributed by atoms with Gasteiger partial charge in [-0.25, -0.2) is 4.79 Å². The first kappa shape index (κ1) is 21.9. The summed E-state index contributed by atoms with van der Waals surface area (Å²) < 4.78 is 11.2. The van der Waals surface area contributed by atoms with Crippen molar-refractivity contribution in [1.29, 1.82) is 0 Å². The van der Waals surface area contributed by atoms with E-state index in [1.54, 1.807) is 0 Å². The van der Waals surface area contributed by atoms with Crippen LogP contribution < -0.4 is 4.74 Å². The molecule has 2 aliphatic heterocycles. The van der Waals surface area contributed by atoms with Crippen LogP contribution in [-0.4, -0.2) is 60.3 Å². The molecule has 5 nitrogen and oxygen atoms in total. The minimum Gasteiger partial charge on any atom is -0.493 e. The van der Waals surface area contributed by atoms with Gasteiger partial charge in [0.2, 0.25) is 0 Å². The molecular formula is C24H38N2O3. The second-order valence-electron chi connectivity index (χ2n) is 9.59. The Morgan fingerprint density at radius 1 is 1.31 bits per heavy atom. The molecule has 1 saturated heterocycles. The van der Waals surface area contributed by atoms with E-state index in [0.717, 1.165) is 64.2 Å². The van der Waals surface area contributed by atoms with E-state index in [4.69, 9.17) is 9.47 Å². The van der Waals surface area contributed by atoms with Gasteiger partial charge in [-0.15, -0.1) is 0 Å². The van der Waals surface area contributed by atoms with Crippen molar-refractivity contribution < 1.29 is 14.3 Å². The van der Waals surface area contributed by atoms with Crippen LogP contribution in [0.2, 0.25) is 0 Å². The first-order valence-corrected chi connectivity index (χ1v) is 11.2. The van der Waals surface area contributed by atoms with Crippen molar-refractivity contribution in [1.82, 2.24) is 9.80 Å². The van der Waals surface area contributed by atoms with E-state index in [1.165, 1.54) is 11.1 Å². The van der Waals surface area contributed by atoms with Crippen molar-refractivity contribution in [2.75, 3.05) is 32.8 Å². The standard InChI is InChI=1S/C24H38N2O3/c1-6-25(18(2)15-20-7-8-22-21(16-20)11-14-28-22)17-19-9-12-26(13-10-19)23(27)29-24(3,4)5/h7-8,16,18-19H,6,9-15,17H2,1-5H3. The summed E-state index contributed by atoms with van der Waals surface area (Å²) in [4.78, 5) is 16.7. The number of likely N-dealkylation sites (N-methyl/N-ethyl adjacent to an activating group) is 1. The third-order valence-corrected chi connectivity index (χ3v) is 6.07. The molecule has 1 fully saturated rings. The van der Waals surface area contributed by atoms with Crippen LogP contribution in [0.3, 0.4) is 0 Å².